The van der Waals surface area contributed by atoms with Crippen LogP contribution in [-0.4, -0.2) is 60.9 Å². The average Bonchev–Trinajstić information content (AvgIpc) is 3.25. The molecule has 1 amide bonds. The minimum absolute atomic E-state index is 0. The van der Waals surface area contributed by atoms with Gasteiger partial charge in [-0.05, 0) is 36.2 Å². The van der Waals surface area contributed by atoms with Crippen LogP contribution in [0.1, 0.15) is 28.5 Å². The first-order valence-electron chi connectivity index (χ1n) is 9.22. The van der Waals surface area contributed by atoms with E-state index >= 15 is 0 Å². The van der Waals surface area contributed by atoms with Gasteiger partial charge in [0, 0.05) is 50.2 Å². The Morgan fingerprint density at radius 1 is 1.18 bits per heavy atom. The molecule has 8 heteroatoms. The summed E-state index contributed by atoms with van der Waals surface area (Å²) in [5.41, 5.74) is 1.27. The van der Waals surface area contributed by atoms with Gasteiger partial charge in [-0.3, -0.25) is 9.79 Å². The number of carbonyl (C=O) groups excluding carboxylic acids is 1. The Hall–Kier alpha value is -1.74. The van der Waals surface area contributed by atoms with E-state index in [1.54, 1.807) is 19.2 Å². The van der Waals surface area contributed by atoms with Crippen molar-refractivity contribution < 1.29 is 9.21 Å². The van der Waals surface area contributed by atoms with Gasteiger partial charge in [-0.2, -0.15) is 0 Å². The fourth-order valence-electron chi connectivity index (χ4n) is 3.60. The maximum Gasteiger partial charge on any atom is 0.289 e. The van der Waals surface area contributed by atoms with Crippen LogP contribution in [0.25, 0.3) is 0 Å². The number of benzene rings is 1. The minimum atomic E-state index is -0.0502. The Bertz CT molecular complexity index is 834. The molecule has 1 saturated carbocycles. The molecule has 2 heterocycles. The van der Waals surface area contributed by atoms with Crippen LogP contribution in [0.2, 0.25) is 5.02 Å². The van der Waals surface area contributed by atoms with Crippen molar-refractivity contribution in [1.29, 1.82) is 0 Å². The molecular formula is C20H24ClIN4O2. The zero-order valence-electron chi connectivity index (χ0n) is 15.7. The minimum Gasteiger partial charge on any atom is -0.459 e. The molecule has 1 N–H and O–H groups in total. The van der Waals surface area contributed by atoms with Crippen LogP contribution in [-0.2, 0) is 0 Å². The number of carbonyl (C=O) groups is 1. The second-order valence-corrected chi connectivity index (χ2v) is 7.39. The zero-order valence-corrected chi connectivity index (χ0v) is 18.8. The van der Waals surface area contributed by atoms with E-state index in [1.165, 1.54) is 11.8 Å². The van der Waals surface area contributed by atoms with Crippen molar-refractivity contribution in [3.8, 4) is 0 Å². The van der Waals surface area contributed by atoms with Crippen LogP contribution in [0.4, 0.5) is 0 Å². The molecule has 2 aliphatic rings. The van der Waals surface area contributed by atoms with E-state index in [1.807, 2.05) is 23.1 Å². The molecule has 150 valence electrons. The monoisotopic (exact) mass is 514 g/mol. The number of aliphatic imine (C=N–C) groups is 1. The summed E-state index contributed by atoms with van der Waals surface area (Å²) in [7, 11) is 1.81. The molecule has 0 spiro atoms. The Kier molecular flexibility index (Phi) is 6.87. The average molecular weight is 515 g/mol. The van der Waals surface area contributed by atoms with Gasteiger partial charge in [-0.1, -0.05) is 23.7 Å². The lowest BCUT2D eigenvalue weighted by molar-refractivity contribution is 0.0657. The lowest BCUT2D eigenvalue weighted by atomic mass is 10.1. The van der Waals surface area contributed by atoms with Crippen molar-refractivity contribution in [3.05, 3.63) is 59.0 Å². The van der Waals surface area contributed by atoms with Gasteiger partial charge in [0.05, 0.1) is 6.26 Å². The largest absolute Gasteiger partial charge is 0.459 e. The molecule has 2 aromatic rings. The quantitative estimate of drug-likeness (QED) is 0.387. The smallest absolute Gasteiger partial charge is 0.289 e. The van der Waals surface area contributed by atoms with Crippen molar-refractivity contribution in [2.45, 2.75) is 18.4 Å². The van der Waals surface area contributed by atoms with E-state index in [2.05, 4.69) is 21.3 Å². The predicted octanol–water partition coefficient (Wildman–Crippen LogP) is 3.44. The first-order valence-corrected chi connectivity index (χ1v) is 9.60. The summed E-state index contributed by atoms with van der Waals surface area (Å²) < 4.78 is 5.22. The van der Waals surface area contributed by atoms with E-state index in [-0.39, 0.29) is 29.9 Å². The van der Waals surface area contributed by atoms with Crippen molar-refractivity contribution in [2.24, 2.45) is 4.99 Å². The van der Waals surface area contributed by atoms with Crippen molar-refractivity contribution >= 4 is 47.4 Å². The molecule has 0 radical (unpaired) electrons. The van der Waals surface area contributed by atoms with Crippen LogP contribution in [0.5, 0.6) is 0 Å². The molecule has 1 aromatic carbocycles. The highest BCUT2D eigenvalue weighted by molar-refractivity contribution is 14.0. The topological polar surface area (TPSA) is 61.1 Å². The SMILES string of the molecule is CN=C(NC1CC1c1cccc(Cl)c1)N1CCN(C(=O)c2ccco2)CC1.I. The molecule has 2 atom stereocenters. The summed E-state index contributed by atoms with van der Waals surface area (Å²) in [5, 5.41) is 4.34. The van der Waals surface area contributed by atoms with Gasteiger partial charge in [0.25, 0.3) is 5.91 Å². The summed E-state index contributed by atoms with van der Waals surface area (Å²) in [6.07, 6.45) is 2.61. The highest BCUT2D eigenvalue weighted by atomic mass is 127. The zero-order chi connectivity index (χ0) is 18.8. The van der Waals surface area contributed by atoms with Crippen molar-refractivity contribution in [1.82, 2.24) is 15.1 Å². The van der Waals surface area contributed by atoms with Crippen LogP contribution >= 0.6 is 35.6 Å². The van der Waals surface area contributed by atoms with Crippen LogP contribution in [0.3, 0.4) is 0 Å². The highest BCUT2D eigenvalue weighted by Crippen LogP contribution is 2.41. The third-order valence-corrected chi connectivity index (χ3v) is 5.43. The summed E-state index contributed by atoms with van der Waals surface area (Å²) in [5.74, 6) is 1.72. The Balaban J connectivity index is 0.00000225. The first-order chi connectivity index (χ1) is 13.2. The normalized spacial score (nSPS) is 21.9. The maximum absolute atomic E-state index is 12.4. The van der Waals surface area contributed by atoms with E-state index in [0.29, 0.717) is 30.8 Å². The number of guanidine groups is 1. The number of furan rings is 1. The molecule has 1 aliphatic carbocycles. The van der Waals surface area contributed by atoms with Gasteiger partial charge in [-0.25, -0.2) is 0 Å². The van der Waals surface area contributed by atoms with Gasteiger partial charge in [0.2, 0.25) is 0 Å². The molecule has 1 saturated heterocycles. The third kappa shape index (κ3) is 4.63. The number of rotatable bonds is 3. The number of amides is 1. The Morgan fingerprint density at radius 3 is 2.57 bits per heavy atom. The predicted molar refractivity (Wildman–Crippen MR) is 121 cm³/mol. The number of nitrogens with one attached hydrogen (secondary N) is 1. The van der Waals surface area contributed by atoms with E-state index in [0.717, 1.165) is 30.5 Å². The van der Waals surface area contributed by atoms with Crippen LogP contribution in [0.15, 0.2) is 52.1 Å². The Morgan fingerprint density at radius 2 is 1.93 bits per heavy atom. The molecule has 28 heavy (non-hydrogen) atoms. The Labute approximate surface area is 186 Å². The molecular weight excluding hydrogens is 491 g/mol. The number of halogens is 2. The number of nitrogens with zero attached hydrogens (tertiary/aromatic N) is 3. The second kappa shape index (κ2) is 9.17. The number of hydrogen-bond donors (Lipinski definition) is 1. The second-order valence-electron chi connectivity index (χ2n) is 6.95. The fourth-order valence-corrected chi connectivity index (χ4v) is 3.80. The van der Waals surface area contributed by atoms with Crippen molar-refractivity contribution in [2.75, 3.05) is 33.2 Å². The highest BCUT2D eigenvalue weighted by Gasteiger charge is 2.40. The lowest BCUT2D eigenvalue weighted by Gasteiger charge is -2.36. The molecule has 1 aliphatic heterocycles. The third-order valence-electron chi connectivity index (χ3n) is 5.19. The molecule has 2 fully saturated rings. The first kappa shape index (κ1) is 21.0. The summed E-state index contributed by atoms with van der Waals surface area (Å²) in [6, 6.07) is 11.9. The van der Waals surface area contributed by atoms with Crippen LogP contribution < -0.4 is 5.32 Å². The van der Waals surface area contributed by atoms with Gasteiger partial charge < -0.3 is 19.5 Å². The maximum atomic E-state index is 12.4. The fraction of sp³-hybridized carbons (Fsp3) is 0.400. The van der Waals surface area contributed by atoms with E-state index in [4.69, 9.17) is 16.0 Å². The van der Waals surface area contributed by atoms with Crippen molar-refractivity contribution in [3.63, 3.8) is 0 Å². The molecule has 2 unspecified atom stereocenters. The molecule has 4 rings (SSSR count). The summed E-state index contributed by atoms with van der Waals surface area (Å²) in [4.78, 5) is 20.9. The van der Waals surface area contributed by atoms with E-state index in [9.17, 15) is 4.79 Å². The van der Waals surface area contributed by atoms with Gasteiger partial charge >= 0.3 is 0 Å². The van der Waals surface area contributed by atoms with E-state index < -0.39 is 0 Å². The summed E-state index contributed by atoms with van der Waals surface area (Å²) in [6.45, 7) is 2.81. The summed E-state index contributed by atoms with van der Waals surface area (Å²) >= 11 is 6.10. The molecule has 1 aromatic heterocycles. The van der Waals surface area contributed by atoms with Gasteiger partial charge in [-0.15, -0.1) is 24.0 Å². The number of piperazine rings is 1. The van der Waals surface area contributed by atoms with Gasteiger partial charge in [0.1, 0.15) is 0 Å². The van der Waals surface area contributed by atoms with Crippen LogP contribution in [0, 0.1) is 0 Å². The number of hydrogen-bond acceptors (Lipinski definition) is 3. The standard InChI is InChI=1S/C20H23ClN4O2.HI/c1-22-20(23-17-13-16(17)14-4-2-5-15(21)12-14)25-9-7-24(8-10-25)19(26)18-6-3-11-27-18;/h2-6,11-12,16-17H,7-10,13H2,1H3,(H,22,23);1H. The molecule has 0 bridgehead atoms. The van der Waals surface area contributed by atoms with Gasteiger partial charge in [0.15, 0.2) is 11.7 Å². The molecule has 6 nitrogen and oxygen atoms in total. The lowest BCUT2D eigenvalue weighted by Crippen LogP contribution is -2.54.